The summed E-state index contributed by atoms with van der Waals surface area (Å²) in [6, 6.07) is 30.1. The molecule has 1 unspecified atom stereocenters. The molecule has 0 aliphatic heterocycles. The van der Waals surface area contributed by atoms with Crippen LogP contribution in [0.4, 0.5) is 0 Å². The van der Waals surface area contributed by atoms with Gasteiger partial charge in [-0.05, 0) is 30.5 Å². The number of rotatable bonds is 10. The average molecular weight is 396 g/mol. The highest BCUT2D eigenvalue weighted by atomic mass is 35.5. The molecule has 0 aliphatic rings. The van der Waals surface area contributed by atoms with E-state index in [0.29, 0.717) is 12.6 Å². The van der Waals surface area contributed by atoms with Crippen LogP contribution in [0.25, 0.3) is 0 Å². The third kappa shape index (κ3) is 7.38. The Balaban J connectivity index is 0.00000280. The average Bonchev–Trinajstić information content (AvgIpc) is 2.72. The second kappa shape index (κ2) is 12.2. The fourth-order valence-electron chi connectivity index (χ4n) is 3.33. The maximum absolute atomic E-state index is 6.09. The van der Waals surface area contributed by atoms with Gasteiger partial charge in [0.25, 0.3) is 0 Å². The smallest absolute Gasteiger partial charge is 0.123 e. The summed E-state index contributed by atoms with van der Waals surface area (Å²) < 4.78 is 6.09. The topological polar surface area (TPSA) is 25.8 Å². The van der Waals surface area contributed by atoms with Gasteiger partial charge in [-0.15, -0.1) is 0 Å². The molecule has 3 aromatic carbocycles. The first-order valence-corrected chi connectivity index (χ1v) is 9.93. The van der Waals surface area contributed by atoms with Gasteiger partial charge in [0.1, 0.15) is 12.4 Å². The third-order valence-electron chi connectivity index (χ3n) is 4.83. The molecule has 2 N–H and O–H groups in total. The Morgan fingerprint density at radius 3 is 2.11 bits per heavy atom. The number of ether oxygens (including phenoxy) is 1. The largest absolute Gasteiger partial charge is 1.00 e. The summed E-state index contributed by atoms with van der Waals surface area (Å²) in [5.74, 6) is 1.01. The van der Waals surface area contributed by atoms with Gasteiger partial charge in [0.15, 0.2) is 0 Å². The van der Waals surface area contributed by atoms with Crippen LogP contribution < -0.4 is 22.5 Å². The molecule has 0 heterocycles. The quantitative estimate of drug-likeness (QED) is 0.516. The number of hydrogen-bond donors (Lipinski definition) is 1. The summed E-state index contributed by atoms with van der Waals surface area (Å²) >= 11 is 0. The summed E-state index contributed by atoms with van der Waals surface area (Å²) in [6.07, 6.45) is 3.39. The van der Waals surface area contributed by atoms with Crippen molar-refractivity contribution in [3.05, 3.63) is 102 Å². The number of hydrogen-bond acceptors (Lipinski definition) is 1. The molecule has 0 amide bonds. The molecule has 0 radical (unpaired) electrons. The van der Waals surface area contributed by atoms with E-state index < -0.39 is 0 Å². The van der Waals surface area contributed by atoms with Crippen molar-refractivity contribution in [2.24, 2.45) is 0 Å². The highest BCUT2D eigenvalue weighted by molar-refractivity contribution is 5.34. The van der Waals surface area contributed by atoms with E-state index in [4.69, 9.17) is 4.74 Å². The van der Waals surface area contributed by atoms with Gasteiger partial charge in [-0.3, -0.25) is 0 Å². The zero-order chi connectivity index (χ0) is 18.7. The molecule has 1 atom stereocenters. The van der Waals surface area contributed by atoms with Crippen LogP contribution in [0.3, 0.4) is 0 Å². The number of halogens is 1. The second-order valence-electron chi connectivity index (χ2n) is 7.18. The van der Waals surface area contributed by atoms with E-state index in [0.717, 1.165) is 25.1 Å². The normalized spacial score (nSPS) is 11.5. The van der Waals surface area contributed by atoms with Crippen molar-refractivity contribution in [3.63, 3.8) is 0 Å². The maximum atomic E-state index is 6.09. The molecule has 0 saturated carbocycles. The molecule has 3 aromatic rings. The lowest BCUT2D eigenvalue weighted by molar-refractivity contribution is -0.686. The van der Waals surface area contributed by atoms with Gasteiger partial charge in [-0.2, -0.15) is 0 Å². The van der Waals surface area contributed by atoms with Gasteiger partial charge in [0, 0.05) is 18.4 Å². The summed E-state index contributed by atoms with van der Waals surface area (Å²) in [5.41, 5.74) is 3.92. The Bertz CT molecular complexity index is 792. The van der Waals surface area contributed by atoms with Gasteiger partial charge in [0.2, 0.25) is 0 Å². The summed E-state index contributed by atoms with van der Waals surface area (Å²) in [7, 11) is 0. The van der Waals surface area contributed by atoms with Crippen LogP contribution in [0, 0.1) is 0 Å². The van der Waals surface area contributed by atoms with Crippen LogP contribution >= 0.6 is 0 Å². The summed E-state index contributed by atoms with van der Waals surface area (Å²) in [6.45, 7) is 4.08. The monoisotopic (exact) mass is 395 g/mol. The van der Waals surface area contributed by atoms with E-state index in [2.05, 4.69) is 91.1 Å². The summed E-state index contributed by atoms with van der Waals surface area (Å²) in [4.78, 5) is 0. The van der Waals surface area contributed by atoms with Crippen molar-refractivity contribution in [2.75, 3.05) is 6.54 Å². The van der Waals surface area contributed by atoms with Crippen molar-refractivity contribution in [1.29, 1.82) is 0 Å². The van der Waals surface area contributed by atoms with E-state index in [-0.39, 0.29) is 12.4 Å². The number of aryl methyl sites for hydroxylation is 1. The van der Waals surface area contributed by atoms with E-state index in [1.54, 1.807) is 0 Å². The molecule has 0 aliphatic carbocycles. The minimum atomic E-state index is 0. The lowest BCUT2D eigenvalue weighted by Gasteiger charge is -2.15. The molecule has 3 rings (SSSR count). The van der Waals surface area contributed by atoms with E-state index in [9.17, 15) is 0 Å². The predicted octanol–water partition coefficient (Wildman–Crippen LogP) is 1.40. The van der Waals surface area contributed by atoms with Crippen LogP contribution in [0.15, 0.2) is 84.9 Å². The lowest BCUT2D eigenvalue weighted by atomic mass is 10.1. The van der Waals surface area contributed by atoms with Crippen molar-refractivity contribution in [3.8, 4) is 5.75 Å². The van der Waals surface area contributed by atoms with Crippen molar-refractivity contribution >= 4 is 0 Å². The number of nitrogens with two attached hydrogens (primary N) is 1. The Morgan fingerprint density at radius 2 is 1.39 bits per heavy atom. The second-order valence-corrected chi connectivity index (χ2v) is 7.18. The molecule has 148 valence electrons. The Labute approximate surface area is 175 Å². The van der Waals surface area contributed by atoms with Crippen LogP contribution in [-0.4, -0.2) is 12.6 Å². The molecule has 0 spiro atoms. The standard InChI is InChI=1S/C25H29NO.ClH/c1-21(26-18-10-15-22-11-4-2-5-12-22)19-24-16-8-9-17-25(24)27-20-23-13-6-3-7-14-23;/h2-9,11-14,16-17,21,26H,10,15,18-20H2,1H3;1H. The molecular weight excluding hydrogens is 366 g/mol. The highest BCUT2D eigenvalue weighted by Crippen LogP contribution is 2.20. The van der Waals surface area contributed by atoms with Crippen molar-refractivity contribution in [1.82, 2.24) is 0 Å². The molecule has 0 bridgehead atoms. The van der Waals surface area contributed by atoms with E-state index >= 15 is 0 Å². The maximum Gasteiger partial charge on any atom is 0.123 e. The molecule has 2 nitrogen and oxygen atoms in total. The molecule has 28 heavy (non-hydrogen) atoms. The summed E-state index contributed by atoms with van der Waals surface area (Å²) in [5, 5.41) is 2.46. The Kier molecular flexibility index (Phi) is 9.61. The van der Waals surface area contributed by atoms with E-state index in [1.165, 1.54) is 23.1 Å². The zero-order valence-corrected chi connectivity index (χ0v) is 17.3. The highest BCUT2D eigenvalue weighted by Gasteiger charge is 2.11. The number of para-hydroxylation sites is 1. The number of benzene rings is 3. The predicted molar refractivity (Wildman–Crippen MR) is 112 cm³/mol. The number of quaternary nitrogens is 1. The molecule has 3 heteroatoms. The van der Waals surface area contributed by atoms with Crippen LogP contribution in [-0.2, 0) is 19.4 Å². The van der Waals surface area contributed by atoms with Crippen LogP contribution in [0.2, 0.25) is 0 Å². The fraction of sp³-hybridized carbons (Fsp3) is 0.280. The first kappa shape index (κ1) is 22.0. The SMILES string of the molecule is CC(Cc1ccccc1OCc1ccccc1)[NH2+]CCCc1ccccc1.[Cl-]. The molecule has 0 aromatic heterocycles. The molecular formula is C25H30ClNO. The van der Waals surface area contributed by atoms with E-state index in [1.807, 2.05) is 6.07 Å². The van der Waals surface area contributed by atoms with Gasteiger partial charge in [-0.1, -0.05) is 78.9 Å². The van der Waals surface area contributed by atoms with Crippen LogP contribution in [0.1, 0.15) is 30.0 Å². The zero-order valence-electron chi connectivity index (χ0n) is 16.6. The van der Waals surface area contributed by atoms with Crippen LogP contribution in [0.5, 0.6) is 5.75 Å². The van der Waals surface area contributed by atoms with Gasteiger partial charge >= 0.3 is 0 Å². The van der Waals surface area contributed by atoms with Crippen molar-refractivity contribution in [2.45, 2.75) is 38.8 Å². The Morgan fingerprint density at radius 1 is 0.786 bits per heavy atom. The fourth-order valence-corrected chi connectivity index (χ4v) is 3.33. The van der Waals surface area contributed by atoms with Crippen molar-refractivity contribution < 1.29 is 22.5 Å². The lowest BCUT2D eigenvalue weighted by Crippen LogP contribution is -3.00. The molecule has 0 fully saturated rings. The molecule has 0 saturated heterocycles. The van der Waals surface area contributed by atoms with Gasteiger partial charge < -0.3 is 22.5 Å². The third-order valence-corrected chi connectivity index (χ3v) is 4.83. The Hall–Kier alpha value is -2.29. The minimum absolute atomic E-state index is 0. The van der Waals surface area contributed by atoms with Gasteiger partial charge in [-0.25, -0.2) is 0 Å². The first-order chi connectivity index (χ1) is 13.3. The first-order valence-electron chi connectivity index (χ1n) is 9.93. The minimum Gasteiger partial charge on any atom is -1.00 e. The van der Waals surface area contributed by atoms with Gasteiger partial charge in [0.05, 0.1) is 12.6 Å².